The van der Waals surface area contributed by atoms with E-state index in [1.54, 1.807) is 13.3 Å². The van der Waals surface area contributed by atoms with Gasteiger partial charge in [0.25, 0.3) is 0 Å². The Morgan fingerprint density at radius 2 is 1.90 bits per heavy atom. The summed E-state index contributed by atoms with van der Waals surface area (Å²) in [5.41, 5.74) is -0.674. The molecule has 1 aromatic rings. The topological polar surface area (TPSA) is 69.6 Å². The summed E-state index contributed by atoms with van der Waals surface area (Å²) in [4.78, 5) is 24.4. The molecular weight excluding hydrogens is 288 g/mol. The number of hydrogen-bond acceptors (Lipinski definition) is 6. The molecule has 3 rings (SSSR count). The van der Waals surface area contributed by atoms with Gasteiger partial charge in [0.2, 0.25) is 0 Å². The van der Waals surface area contributed by atoms with Crippen LogP contribution >= 0.6 is 11.8 Å². The zero-order valence-electron chi connectivity index (χ0n) is 12.2. The molecule has 0 aliphatic carbocycles. The molecule has 2 fully saturated rings. The van der Waals surface area contributed by atoms with E-state index in [4.69, 9.17) is 0 Å². The van der Waals surface area contributed by atoms with Gasteiger partial charge >= 0.3 is 5.97 Å². The second-order valence-electron chi connectivity index (χ2n) is 5.87. The monoisotopic (exact) mass is 308 g/mol. The van der Waals surface area contributed by atoms with Gasteiger partial charge in [0.15, 0.2) is 0 Å². The summed E-state index contributed by atoms with van der Waals surface area (Å²) in [6, 6.07) is 1.99. The van der Waals surface area contributed by atoms with Gasteiger partial charge in [0.1, 0.15) is 18.0 Å². The third-order valence-electron chi connectivity index (χ3n) is 4.29. The minimum Gasteiger partial charge on any atom is -0.481 e. The predicted molar refractivity (Wildman–Crippen MR) is 84.1 cm³/mol. The van der Waals surface area contributed by atoms with E-state index in [9.17, 15) is 9.90 Å². The fourth-order valence-electron chi connectivity index (χ4n) is 2.81. The van der Waals surface area contributed by atoms with Crippen molar-refractivity contribution < 1.29 is 9.90 Å². The number of thioether (sulfide) groups is 1. The number of carboxylic acid groups (broad SMARTS) is 1. The highest BCUT2D eigenvalue weighted by atomic mass is 32.2. The van der Waals surface area contributed by atoms with Gasteiger partial charge in [-0.05, 0) is 13.3 Å². The Bertz CT molecular complexity index is 535. The zero-order chi connectivity index (χ0) is 14.9. The van der Waals surface area contributed by atoms with E-state index in [0.29, 0.717) is 13.0 Å². The van der Waals surface area contributed by atoms with Crippen LogP contribution in [0.2, 0.25) is 0 Å². The number of aromatic nitrogens is 2. The first-order valence-corrected chi connectivity index (χ1v) is 8.37. The van der Waals surface area contributed by atoms with Crippen molar-refractivity contribution in [2.45, 2.75) is 13.3 Å². The number of rotatable bonds is 3. The summed E-state index contributed by atoms with van der Waals surface area (Å²) < 4.78 is 0. The standard InChI is InChI=1S/C14H20N4O2S/c1-14(13(19)20)2-3-18(9-14)12-8-11(15-10-16-12)17-4-6-21-7-5-17/h8,10H,2-7,9H2,1H3,(H,19,20). The molecule has 0 bridgehead atoms. The number of carboxylic acids is 1. The summed E-state index contributed by atoms with van der Waals surface area (Å²) in [5, 5.41) is 9.33. The number of carbonyl (C=O) groups is 1. The van der Waals surface area contributed by atoms with Crippen molar-refractivity contribution in [3.63, 3.8) is 0 Å². The number of nitrogens with zero attached hydrogens (tertiary/aromatic N) is 4. The van der Waals surface area contributed by atoms with Crippen LogP contribution in [0.1, 0.15) is 13.3 Å². The Labute approximate surface area is 128 Å². The van der Waals surface area contributed by atoms with Crippen molar-refractivity contribution in [2.24, 2.45) is 5.41 Å². The average Bonchev–Trinajstić information content (AvgIpc) is 2.92. The third-order valence-corrected chi connectivity index (χ3v) is 5.23. The maximum atomic E-state index is 11.3. The molecular formula is C14H20N4O2S. The third kappa shape index (κ3) is 2.92. The van der Waals surface area contributed by atoms with Gasteiger partial charge in [-0.3, -0.25) is 4.79 Å². The Morgan fingerprint density at radius 1 is 1.24 bits per heavy atom. The molecule has 1 N–H and O–H groups in total. The van der Waals surface area contributed by atoms with E-state index >= 15 is 0 Å². The van der Waals surface area contributed by atoms with E-state index < -0.39 is 11.4 Å². The molecule has 21 heavy (non-hydrogen) atoms. The fraction of sp³-hybridized carbons (Fsp3) is 0.643. The molecule has 6 nitrogen and oxygen atoms in total. The van der Waals surface area contributed by atoms with Gasteiger partial charge in [-0.2, -0.15) is 11.8 Å². The Morgan fingerprint density at radius 3 is 2.52 bits per heavy atom. The second kappa shape index (κ2) is 5.71. The zero-order valence-corrected chi connectivity index (χ0v) is 13.0. The molecule has 0 saturated carbocycles. The first-order valence-electron chi connectivity index (χ1n) is 7.22. The highest BCUT2D eigenvalue weighted by molar-refractivity contribution is 7.99. The molecule has 0 aromatic carbocycles. The van der Waals surface area contributed by atoms with E-state index in [1.807, 2.05) is 17.8 Å². The Balaban J connectivity index is 1.76. The average molecular weight is 308 g/mol. The van der Waals surface area contributed by atoms with E-state index in [0.717, 1.165) is 42.8 Å². The molecule has 0 radical (unpaired) electrons. The van der Waals surface area contributed by atoms with Crippen LogP contribution in [0.5, 0.6) is 0 Å². The van der Waals surface area contributed by atoms with Gasteiger partial charge in [-0.25, -0.2) is 9.97 Å². The van der Waals surface area contributed by atoms with Crippen LogP contribution in [-0.2, 0) is 4.79 Å². The summed E-state index contributed by atoms with van der Waals surface area (Å²) in [7, 11) is 0. The predicted octanol–water partition coefficient (Wildman–Crippen LogP) is 1.33. The second-order valence-corrected chi connectivity index (χ2v) is 7.10. The molecule has 7 heteroatoms. The van der Waals surface area contributed by atoms with Gasteiger partial charge in [0.05, 0.1) is 5.41 Å². The van der Waals surface area contributed by atoms with Crippen LogP contribution in [0.25, 0.3) is 0 Å². The van der Waals surface area contributed by atoms with Gasteiger partial charge in [0, 0.05) is 43.8 Å². The van der Waals surface area contributed by atoms with Gasteiger partial charge in [-0.1, -0.05) is 0 Å². The molecule has 2 saturated heterocycles. The van der Waals surface area contributed by atoms with Crippen molar-refractivity contribution in [3.8, 4) is 0 Å². The van der Waals surface area contributed by atoms with Gasteiger partial charge in [-0.15, -0.1) is 0 Å². The molecule has 1 aromatic heterocycles. The van der Waals surface area contributed by atoms with E-state index in [-0.39, 0.29) is 0 Å². The Kier molecular flexibility index (Phi) is 3.93. The first-order chi connectivity index (χ1) is 10.1. The first kappa shape index (κ1) is 14.4. The van der Waals surface area contributed by atoms with Crippen LogP contribution in [0.3, 0.4) is 0 Å². The van der Waals surface area contributed by atoms with Crippen molar-refractivity contribution in [3.05, 3.63) is 12.4 Å². The molecule has 0 amide bonds. The fourth-order valence-corrected chi connectivity index (χ4v) is 3.71. The van der Waals surface area contributed by atoms with Crippen molar-refractivity contribution in [1.29, 1.82) is 0 Å². The lowest BCUT2D eigenvalue weighted by atomic mass is 9.90. The van der Waals surface area contributed by atoms with Crippen LogP contribution in [0, 0.1) is 5.41 Å². The Hall–Kier alpha value is -1.50. The summed E-state index contributed by atoms with van der Waals surface area (Å²) in [6.07, 6.45) is 2.24. The summed E-state index contributed by atoms with van der Waals surface area (Å²) >= 11 is 1.97. The largest absolute Gasteiger partial charge is 0.481 e. The normalized spacial score (nSPS) is 26.1. The highest BCUT2D eigenvalue weighted by Gasteiger charge is 2.41. The smallest absolute Gasteiger partial charge is 0.311 e. The quantitative estimate of drug-likeness (QED) is 0.903. The van der Waals surface area contributed by atoms with Gasteiger partial charge < -0.3 is 14.9 Å². The molecule has 114 valence electrons. The number of hydrogen-bond donors (Lipinski definition) is 1. The number of aliphatic carboxylic acids is 1. The van der Waals surface area contributed by atoms with E-state index in [1.165, 1.54) is 0 Å². The van der Waals surface area contributed by atoms with E-state index in [2.05, 4.69) is 19.8 Å². The van der Waals surface area contributed by atoms with Crippen LogP contribution in [0.4, 0.5) is 11.6 Å². The van der Waals surface area contributed by atoms with Crippen molar-refractivity contribution in [1.82, 2.24) is 9.97 Å². The minimum atomic E-state index is -0.729. The maximum Gasteiger partial charge on any atom is 0.311 e. The highest BCUT2D eigenvalue weighted by Crippen LogP contribution is 2.33. The molecule has 1 unspecified atom stereocenters. The summed E-state index contributed by atoms with van der Waals surface area (Å²) in [5.74, 6) is 3.31. The van der Waals surface area contributed by atoms with Crippen molar-refractivity contribution >= 4 is 29.4 Å². The van der Waals surface area contributed by atoms with Crippen LogP contribution < -0.4 is 9.80 Å². The lowest BCUT2D eigenvalue weighted by molar-refractivity contribution is -0.146. The maximum absolute atomic E-state index is 11.3. The van der Waals surface area contributed by atoms with Crippen molar-refractivity contribution in [2.75, 3.05) is 47.5 Å². The molecule has 0 spiro atoms. The summed E-state index contributed by atoms with van der Waals surface area (Å²) in [6.45, 7) is 5.06. The molecule has 2 aliphatic heterocycles. The molecule has 2 aliphatic rings. The lowest BCUT2D eigenvalue weighted by Crippen LogP contribution is -2.34. The van der Waals surface area contributed by atoms with Crippen LogP contribution in [0.15, 0.2) is 12.4 Å². The van der Waals surface area contributed by atoms with Crippen LogP contribution in [-0.4, -0.2) is 58.7 Å². The minimum absolute atomic E-state index is 0.509. The lowest BCUT2D eigenvalue weighted by Gasteiger charge is -2.28. The SMILES string of the molecule is CC1(C(=O)O)CCN(c2cc(N3CCSCC3)ncn2)C1. The molecule has 1 atom stereocenters. The molecule has 3 heterocycles. The number of anilines is 2.